The number of hydrogen-bond donors (Lipinski definition) is 1. The maximum Gasteiger partial charge on any atom is 0.243 e. The third kappa shape index (κ3) is 5.82. The zero-order valence-corrected chi connectivity index (χ0v) is 20.7. The molecule has 2 fully saturated rings. The van der Waals surface area contributed by atoms with Gasteiger partial charge in [-0.05, 0) is 44.1 Å². The van der Waals surface area contributed by atoms with Crippen LogP contribution in [-0.2, 0) is 25.6 Å². The van der Waals surface area contributed by atoms with Crippen molar-refractivity contribution < 1.29 is 19.2 Å². The molecule has 7 heteroatoms. The number of nitrogens with zero attached hydrogens (tertiary/aromatic N) is 2. The molecule has 4 amide bonds. The monoisotopic (exact) mass is 479 g/mol. The van der Waals surface area contributed by atoms with Crippen molar-refractivity contribution in [2.45, 2.75) is 76.8 Å². The first kappa shape index (κ1) is 25.1. The van der Waals surface area contributed by atoms with Crippen LogP contribution in [-0.4, -0.2) is 58.6 Å². The topological polar surface area (TPSA) is 86.8 Å². The van der Waals surface area contributed by atoms with Gasteiger partial charge in [-0.2, -0.15) is 0 Å². The Morgan fingerprint density at radius 1 is 1.03 bits per heavy atom. The fourth-order valence-corrected chi connectivity index (χ4v) is 5.70. The van der Waals surface area contributed by atoms with Gasteiger partial charge in [-0.15, -0.1) is 0 Å². The number of amides is 4. The van der Waals surface area contributed by atoms with E-state index in [9.17, 15) is 19.2 Å². The van der Waals surface area contributed by atoms with Crippen molar-refractivity contribution in [2.75, 3.05) is 13.1 Å². The fraction of sp³-hybridized carbons (Fsp3) is 0.571. The number of fused-ring (bicyclic) bond motifs is 1. The number of benzene rings is 1. The quantitative estimate of drug-likeness (QED) is 0.412. The number of imide groups is 1. The molecular weight excluding hydrogens is 442 g/mol. The molecule has 0 aromatic heterocycles. The van der Waals surface area contributed by atoms with Crippen LogP contribution in [0.4, 0.5) is 0 Å². The molecule has 1 aromatic carbocycles. The molecule has 0 unspecified atom stereocenters. The molecule has 0 spiro atoms. The standard InChI is InChI=1S/C28H37N3O4/c1-2-24(26(33)29-21-12-6-7-13-21)30(18-16-20-10-4-3-5-11-20)25(32)17-19-31-27(34)22-14-8-9-15-23(22)28(31)35/h3-5,8-11,21-24H,2,6-7,12-19H2,1H3,(H,29,33)/t22-,23+,24-/m1/s1. The van der Waals surface area contributed by atoms with Gasteiger partial charge in [0, 0.05) is 25.6 Å². The molecular formula is C28H37N3O4. The van der Waals surface area contributed by atoms with Crippen LogP contribution in [0.2, 0.25) is 0 Å². The van der Waals surface area contributed by atoms with Crippen molar-refractivity contribution in [1.29, 1.82) is 0 Å². The molecule has 1 aliphatic heterocycles. The number of likely N-dealkylation sites (tertiary alicyclic amines) is 1. The highest BCUT2D eigenvalue weighted by Crippen LogP contribution is 2.35. The average Bonchev–Trinajstić information content (AvgIpc) is 3.47. The molecule has 1 N–H and O–H groups in total. The lowest BCUT2D eigenvalue weighted by Crippen LogP contribution is -2.52. The SMILES string of the molecule is CC[C@H](C(=O)NC1CCCC1)N(CCc1ccccc1)C(=O)CCN1C(=O)[C@H]2CC=CC[C@H]2C1=O. The van der Waals surface area contributed by atoms with Crippen molar-refractivity contribution in [1.82, 2.24) is 15.1 Å². The Kier molecular flexibility index (Phi) is 8.37. The van der Waals surface area contributed by atoms with Gasteiger partial charge in [-0.25, -0.2) is 0 Å². The molecule has 1 heterocycles. The summed E-state index contributed by atoms with van der Waals surface area (Å²) in [7, 11) is 0. The highest BCUT2D eigenvalue weighted by Gasteiger charge is 2.47. The minimum absolute atomic E-state index is 0.0341. The Labute approximate surface area is 207 Å². The molecule has 3 aliphatic rings. The van der Waals surface area contributed by atoms with Gasteiger partial charge in [-0.1, -0.05) is 62.2 Å². The van der Waals surface area contributed by atoms with Crippen molar-refractivity contribution in [3.63, 3.8) is 0 Å². The van der Waals surface area contributed by atoms with Crippen molar-refractivity contribution >= 4 is 23.6 Å². The third-order valence-corrected chi connectivity index (χ3v) is 7.72. The molecule has 7 nitrogen and oxygen atoms in total. The van der Waals surface area contributed by atoms with E-state index in [4.69, 9.17) is 0 Å². The summed E-state index contributed by atoms with van der Waals surface area (Å²) in [5.41, 5.74) is 1.10. The van der Waals surface area contributed by atoms with Gasteiger partial charge in [0.05, 0.1) is 11.8 Å². The van der Waals surface area contributed by atoms with Crippen LogP contribution >= 0.6 is 0 Å². The highest BCUT2D eigenvalue weighted by molar-refractivity contribution is 6.05. The number of allylic oxidation sites excluding steroid dienone is 2. The van der Waals surface area contributed by atoms with Crippen LogP contribution in [0.3, 0.4) is 0 Å². The van der Waals surface area contributed by atoms with Crippen molar-refractivity contribution in [3.05, 3.63) is 48.0 Å². The van der Waals surface area contributed by atoms with Crippen LogP contribution in [0.1, 0.15) is 63.9 Å². The molecule has 2 aliphatic carbocycles. The van der Waals surface area contributed by atoms with Gasteiger partial charge in [0.2, 0.25) is 23.6 Å². The van der Waals surface area contributed by atoms with Crippen LogP contribution in [0.5, 0.6) is 0 Å². The second-order valence-electron chi connectivity index (χ2n) is 9.97. The van der Waals surface area contributed by atoms with E-state index in [2.05, 4.69) is 5.32 Å². The Bertz CT molecular complexity index is 928. The summed E-state index contributed by atoms with van der Waals surface area (Å²) < 4.78 is 0. The molecule has 1 saturated carbocycles. The van der Waals surface area contributed by atoms with Gasteiger partial charge in [0.15, 0.2) is 0 Å². The van der Waals surface area contributed by atoms with Gasteiger partial charge in [-0.3, -0.25) is 24.1 Å². The van der Waals surface area contributed by atoms with Gasteiger partial charge < -0.3 is 10.2 Å². The Morgan fingerprint density at radius 2 is 1.66 bits per heavy atom. The minimum Gasteiger partial charge on any atom is -0.352 e. The maximum absolute atomic E-state index is 13.5. The van der Waals surface area contributed by atoms with Crippen LogP contribution in [0, 0.1) is 11.8 Å². The first-order chi connectivity index (χ1) is 17.0. The largest absolute Gasteiger partial charge is 0.352 e. The minimum atomic E-state index is -0.566. The molecule has 3 atom stereocenters. The van der Waals surface area contributed by atoms with Gasteiger partial charge >= 0.3 is 0 Å². The second kappa shape index (κ2) is 11.6. The summed E-state index contributed by atoms with van der Waals surface area (Å²) >= 11 is 0. The van der Waals surface area contributed by atoms with Gasteiger partial charge in [0.1, 0.15) is 6.04 Å². The van der Waals surface area contributed by atoms with Gasteiger partial charge in [0.25, 0.3) is 0 Å². The van der Waals surface area contributed by atoms with E-state index >= 15 is 0 Å². The number of carbonyl (C=O) groups is 4. The summed E-state index contributed by atoms with van der Waals surface area (Å²) in [4.78, 5) is 55.2. The predicted molar refractivity (Wildman–Crippen MR) is 133 cm³/mol. The van der Waals surface area contributed by atoms with E-state index in [0.717, 1.165) is 31.2 Å². The van der Waals surface area contributed by atoms with Crippen molar-refractivity contribution in [2.24, 2.45) is 11.8 Å². The number of hydrogen-bond acceptors (Lipinski definition) is 4. The summed E-state index contributed by atoms with van der Waals surface area (Å²) in [6.07, 6.45) is 10.5. The zero-order chi connectivity index (χ0) is 24.8. The Balaban J connectivity index is 1.43. The average molecular weight is 480 g/mol. The number of rotatable bonds is 10. The van der Waals surface area contributed by atoms with E-state index < -0.39 is 6.04 Å². The van der Waals surface area contributed by atoms with Crippen molar-refractivity contribution in [3.8, 4) is 0 Å². The lowest BCUT2D eigenvalue weighted by atomic mass is 9.85. The molecule has 0 bridgehead atoms. The normalized spacial score (nSPS) is 22.8. The summed E-state index contributed by atoms with van der Waals surface area (Å²) in [5, 5.41) is 3.15. The smallest absolute Gasteiger partial charge is 0.243 e. The van der Waals surface area contributed by atoms with E-state index in [1.54, 1.807) is 4.90 Å². The maximum atomic E-state index is 13.5. The molecule has 1 saturated heterocycles. The summed E-state index contributed by atoms with van der Waals surface area (Å²) in [6, 6.07) is 9.52. The molecule has 1 aromatic rings. The fourth-order valence-electron chi connectivity index (χ4n) is 5.70. The lowest BCUT2D eigenvalue weighted by molar-refractivity contribution is -0.144. The zero-order valence-electron chi connectivity index (χ0n) is 20.7. The Morgan fingerprint density at radius 3 is 2.26 bits per heavy atom. The third-order valence-electron chi connectivity index (χ3n) is 7.72. The Hall–Kier alpha value is -2.96. The molecule has 35 heavy (non-hydrogen) atoms. The molecule has 0 radical (unpaired) electrons. The molecule has 188 valence electrons. The molecule has 4 rings (SSSR count). The van der Waals surface area contributed by atoms with E-state index in [1.807, 2.05) is 49.4 Å². The van der Waals surface area contributed by atoms with E-state index in [1.165, 1.54) is 4.90 Å². The highest BCUT2D eigenvalue weighted by atomic mass is 16.2. The number of nitrogens with one attached hydrogen (secondary N) is 1. The van der Waals surface area contributed by atoms with Crippen LogP contribution < -0.4 is 5.32 Å². The van der Waals surface area contributed by atoms with Crippen LogP contribution in [0.15, 0.2) is 42.5 Å². The first-order valence-electron chi connectivity index (χ1n) is 13.1. The summed E-state index contributed by atoms with van der Waals surface area (Å²) in [6.45, 7) is 2.41. The van der Waals surface area contributed by atoms with E-state index in [-0.39, 0.29) is 54.5 Å². The lowest BCUT2D eigenvalue weighted by Gasteiger charge is -2.32. The predicted octanol–water partition coefficient (Wildman–Crippen LogP) is 3.24. The van der Waals surface area contributed by atoms with Crippen LogP contribution in [0.25, 0.3) is 0 Å². The van der Waals surface area contributed by atoms with E-state index in [0.29, 0.717) is 32.2 Å². The second-order valence-corrected chi connectivity index (χ2v) is 9.97. The number of carbonyl (C=O) groups excluding carboxylic acids is 4. The summed E-state index contributed by atoms with van der Waals surface area (Å²) in [5.74, 6) is -1.22. The first-order valence-corrected chi connectivity index (χ1v) is 13.1.